The second-order valence-electron chi connectivity index (χ2n) is 5.38. The van der Waals surface area contributed by atoms with E-state index in [1.54, 1.807) is 7.11 Å². The number of methoxy groups -OCH3 is 1. The quantitative estimate of drug-likeness (QED) is 0.783. The van der Waals surface area contributed by atoms with Crippen LogP contribution in [0.3, 0.4) is 0 Å². The highest BCUT2D eigenvalue weighted by Gasteiger charge is 2.19. The summed E-state index contributed by atoms with van der Waals surface area (Å²) in [6, 6.07) is 14.5. The predicted molar refractivity (Wildman–Crippen MR) is 83.8 cm³/mol. The molecule has 106 valence electrons. The van der Waals surface area contributed by atoms with Gasteiger partial charge >= 0.3 is 0 Å². The Bertz CT molecular complexity index is 761. The minimum Gasteiger partial charge on any atom is -0.497 e. The van der Waals surface area contributed by atoms with Crippen molar-refractivity contribution in [2.75, 3.05) is 18.6 Å². The Kier molecular flexibility index (Phi) is 2.81. The van der Waals surface area contributed by atoms with Gasteiger partial charge < -0.3 is 14.6 Å². The summed E-state index contributed by atoms with van der Waals surface area (Å²) in [4.78, 5) is 10.4. The van der Waals surface area contributed by atoms with Gasteiger partial charge in [-0.05, 0) is 41.8 Å². The maximum atomic E-state index is 5.33. The van der Waals surface area contributed by atoms with Crippen molar-refractivity contribution >= 4 is 17.0 Å². The molecule has 0 saturated heterocycles. The van der Waals surface area contributed by atoms with Gasteiger partial charge in [-0.25, -0.2) is 4.98 Å². The average Bonchev–Trinajstić information content (AvgIpc) is 2.97. The molecule has 0 radical (unpaired) electrons. The number of fused-ring (bicyclic) bond motifs is 2. The summed E-state index contributed by atoms with van der Waals surface area (Å²) < 4.78 is 5.33. The number of para-hydroxylation sites is 2. The first kappa shape index (κ1) is 12.3. The van der Waals surface area contributed by atoms with Crippen molar-refractivity contribution in [1.82, 2.24) is 9.97 Å². The zero-order chi connectivity index (χ0) is 14.2. The van der Waals surface area contributed by atoms with Crippen molar-refractivity contribution in [1.29, 1.82) is 0 Å². The van der Waals surface area contributed by atoms with Crippen LogP contribution in [0.15, 0.2) is 42.5 Å². The number of aromatic amines is 1. The van der Waals surface area contributed by atoms with Gasteiger partial charge in [0.1, 0.15) is 5.75 Å². The Morgan fingerprint density at radius 1 is 1.14 bits per heavy atom. The number of aromatic nitrogens is 2. The van der Waals surface area contributed by atoms with E-state index < -0.39 is 0 Å². The molecule has 0 unspecified atom stereocenters. The molecule has 21 heavy (non-hydrogen) atoms. The highest BCUT2D eigenvalue weighted by molar-refractivity contribution is 5.77. The molecule has 0 atom stereocenters. The molecule has 0 amide bonds. The average molecular weight is 279 g/mol. The molecule has 4 heteroatoms. The first-order valence-corrected chi connectivity index (χ1v) is 7.19. The molecular formula is C17H17N3O. The van der Waals surface area contributed by atoms with Crippen molar-refractivity contribution in [2.24, 2.45) is 0 Å². The fourth-order valence-corrected chi connectivity index (χ4v) is 2.93. The summed E-state index contributed by atoms with van der Waals surface area (Å²) in [5.74, 6) is 1.87. The van der Waals surface area contributed by atoms with Gasteiger partial charge in [0.15, 0.2) is 0 Å². The van der Waals surface area contributed by atoms with Gasteiger partial charge in [-0.1, -0.05) is 18.2 Å². The number of anilines is 1. The van der Waals surface area contributed by atoms with Gasteiger partial charge in [0.25, 0.3) is 0 Å². The summed E-state index contributed by atoms with van der Waals surface area (Å²) in [5.41, 5.74) is 4.83. The minimum absolute atomic E-state index is 0.867. The van der Waals surface area contributed by atoms with Gasteiger partial charge in [0.2, 0.25) is 5.95 Å². The smallest absolute Gasteiger partial charge is 0.204 e. The van der Waals surface area contributed by atoms with Crippen molar-refractivity contribution in [2.45, 2.75) is 13.0 Å². The lowest BCUT2D eigenvalue weighted by molar-refractivity contribution is 0.413. The molecule has 1 aliphatic rings. The largest absolute Gasteiger partial charge is 0.497 e. The lowest BCUT2D eigenvalue weighted by atomic mass is 10.00. The van der Waals surface area contributed by atoms with Crippen LogP contribution in [0, 0.1) is 0 Å². The van der Waals surface area contributed by atoms with Gasteiger partial charge in [-0.3, -0.25) is 0 Å². The zero-order valence-corrected chi connectivity index (χ0v) is 12.0. The highest BCUT2D eigenvalue weighted by atomic mass is 16.5. The van der Waals surface area contributed by atoms with E-state index in [0.29, 0.717) is 0 Å². The van der Waals surface area contributed by atoms with Gasteiger partial charge in [0, 0.05) is 13.1 Å². The first-order valence-electron chi connectivity index (χ1n) is 7.19. The molecule has 3 aromatic rings. The van der Waals surface area contributed by atoms with Crippen LogP contribution in [-0.4, -0.2) is 23.6 Å². The Morgan fingerprint density at radius 2 is 2.05 bits per heavy atom. The van der Waals surface area contributed by atoms with E-state index in [1.165, 1.54) is 11.1 Å². The summed E-state index contributed by atoms with van der Waals surface area (Å²) >= 11 is 0. The van der Waals surface area contributed by atoms with Crippen LogP contribution < -0.4 is 9.64 Å². The summed E-state index contributed by atoms with van der Waals surface area (Å²) in [5, 5.41) is 0. The fourth-order valence-electron chi connectivity index (χ4n) is 2.93. The Labute approximate surface area is 123 Å². The van der Waals surface area contributed by atoms with Gasteiger partial charge in [-0.15, -0.1) is 0 Å². The van der Waals surface area contributed by atoms with Crippen molar-refractivity contribution in [3.63, 3.8) is 0 Å². The van der Waals surface area contributed by atoms with Gasteiger partial charge in [0.05, 0.1) is 18.1 Å². The second-order valence-corrected chi connectivity index (χ2v) is 5.38. The number of imidazole rings is 1. The molecule has 4 nitrogen and oxygen atoms in total. The van der Waals surface area contributed by atoms with E-state index in [2.05, 4.69) is 28.1 Å². The SMILES string of the molecule is COc1ccc2c(c1)CN(c1nc3ccccc3[nH]1)CC2. The topological polar surface area (TPSA) is 41.1 Å². The molecule has 2 heterocycles. The Hall–Kier alpha value is -2.49. The number of hydrogen-bond donors (Lipinski definition) is 1. The van der Waals surface area contributed by atoms with Crippen LogP contribution in [0.1, 0.15) is 11.1 Å². The number of ether oxygens (including phenoxy) is 1. The van der Waals surface area contributed by atoms with E-state index in [-0.39, 0.29) is 0 Å². The molecule has 0 fully saturated rings. The number of H-pyrrole nitrogens is 1. The van der Waals surface area contributed by atoms with Crippen molar-refractivity contribution in [3.8, 4) is 5.75 Å². The van der Waals surface area contributed by atoms with Crippen LogP contribution in [0.4, 0.5) is 5.95 Å². The molecule has 0 bridgehead atoms. The number of benzene rings is 2. The van der Waals surface area contributed by atoms with Crippen LogP contribution in [0.5, 0.6) is 5.75 Å². The summed E-state index contributed by atoms with van der Waals surface area (Å²) in [6.07, 6.45) is 1.04. The van der Waals surface area contributed by atoms with E-state index in [0.717, 1.165) is 42.2 Å². The van der Waals surface area contributed by atoms with E-state index in [9.17, 15) is 0 Å². The molecular weight excluding hydrogens is 262 g/mol. The Morgan fingerprint density at radius 3 is 2.90 bits per heavy atom. The molecule has 2 aromatic carbocycles. The molecule has 1 aromatic heterocycles. The molecule has 1 N–H and O–H groups in total. The second kappa shape index (κ2) is 4.81. The normalized spacial score (nSPS) is 14.2. The van der Waals surface area contributed by atoms with Crippen LogP contribution >= 0.6 is 0 Å². The number of nitrogens with one attached hydrogen (secondary N) is 1. The first-order chi connectivity index (χ1) is 10.3. The van der Waals surface area contributed by atoms with Crippen LogP contribution in [0.25, 0.3) is 11.0 Å². The highest BCUT2D eigenvalue weighted by Crippen LogP contribution is 2.27. The lowest BCUT2D eigenvalue weighted by Crippen LogP contribution is -2.31. The maximum absolute atomic E-state index is 5.33. The predicted octanol–water partition coefficient (Wildman–Crippen LogP) is 3.13. The van der Waals surface area contributed by atoms with Crippen LogP contribution in [0.2, 0.25) is 0 Å². The molecule has 0 spiro atoms. The zero-order valence-electron chi connectivity index (χ0n) is 12.0. The molecule has 0 saturated carbocycles. The Balaban J connectivity index is 1.67. The van der Waals surface area contributed by atoms with Crippen molar-refractivity contribution < 1.29 is 4.74 Å². The minimum atomic E-state index is 0.867. The third-order valence-electron chi connectivity index (χ3n) is 4.10. The molecule has 1 aliphatic heterocycles. The lowest BCUT2D eigenvalue weighted by Gasteiger charge is -2.28. The molecule has 0 aliphatic carbocycles. The third kappa shape index (κ3) is 2.13. The standard InChI is InChI=1S/C17H17N3O/c1-21-14-7-6-12-8-9-20(11-13(12)10-14)17-18-15-4-2-3-5-16(15)19-17/h2-7,10H,8-9,11H2,1H3,(H,18,19). The van der Waals surface area contributed by atoms with E-state index in [4.69, 9.17) is 9.72 Å². The molecule has 4 rings (SSSR count). The summed E-state index contributed by atoms with van der Waals surface area (Å²) in [6.45, 7) is 1.85. The fraction of sp³-hybridized carbons (Fsp3) is 0.235. The number of nitrogens with zero attached hydrogens (tertiary/aromatic N) is 2. The van der Waals surface area contributed by atoms with Gasteiger partial charge in [-0.2, -0.15) is 0 Å². The van der Waals surface area contributed by atoms with E-state index in [1.807, 2.05) is 24.3 Å². The number of hydrogen-bond acceptors (Lipinski definition) is 3. The van der Waals surface area contributed by atoms with Crippen LogP contribution in [-0.2, 0) is 13.0 Å². The van der Waals surface area contributed by atoms with Crippen molar-refractivity contribution in [3.05, 3.63) is 53.6 Å². The maximum Gasteiger partial charge on any atom is 0.204 e. The monoisotopic (exact) mass is 279 g/mol. The third-order valence-corrected chi connectivity index (χ3v) is 4.10. The summed E-state index contributed by atoms with van der Waals surface area (Å²) in [7, 11) is 1.71. The number of rotatable bonds is 2. The van der Waals surface area contributed by atoms with E-state index >= 15 is 0 Å².